The molecule has 0 aromatic carbocycles. The standard InChI is InChI=1S/C65H114O12/c1-4-7-10-13-16-19-22-25-27-28-29-30-32-34-36-39-42-45-48-51-57(66)73-54-56(75-58(67)52-49-46-43-40-37-33-24-21-18-15-12-9-6-3)55-74-65-63(61(70)60(69)62(77-65)64(71)72)76-59(68)53-50-47-44-41-38-35-31-26-23-20-17-14-11-8-5-2/h8,11,17,20,25-27,31,56,60-63,65,69-70H,4-7,9-10,12-16,18-19,21-24,28-30,32-55H2,1-3H3,(H,71,72)/b11-8-,20-17-,27-25-,31-26-. The van der Waals surface area contributed by atoms with Crippen molar-refractivity contribution >= 4 is 23.9 Å². The van der Waals surface area contributed by atoms with Crippen molar-refractivity contribution in [2.45, 2.75) is 327 Å². The van der Waals surface area contributed by atoms with Crippen LogP contribution in [0, 0.1) is 0 Å². The van der Waals surface area contributed by atoms with Crippen molar-refractivity contribution in [2.24, 2.45) is 0 Å². The van der Waals surface area contributed by atoms with Gasteiger partial charge in [-0.3, -0.25) is 14.4 Å². The number of hydrogen-bond donors (Lipinski definition) is 3. The molecular formula is C65H114O12. The second kappa shape index (κ2) is 53.3. The summed E-state index contributed by atoms with van der Waals surface area (Å²) in [7, 11) is 0. The van der Waals surface area contributed by atoms with Gasteiger partial charge in [0, 0.05) is 19.3 Å². The van der Waals surface area contributed by atoms with Crippen molar-refractivity contribution < 1.29 is 58.2 Å². The number of aliphatic carboxylic acids is 1. The van der Waals surface area contributed by atoms with E-state index in [0.717, 1.165) is 89.9 Å². The summed E-state index contributed by atoms with van der Waals surface area (Å²) in [4.78, 5) is 51.2. The first kappa shape index (κ1) is 71.7. The molecule has 1 fully saturated rings. The first-order chi connectivity index (χ1) is 37.6. The number of aliphatic hydroxyl groups is 2. The minimum atomic E-state index is -1.91. The van der Waals surface area contributed by atoms with Gasteiger partial charge in [-0.05, 0) is 77.0 Å². The molecule has 6 unspecified atom stereocenters. The first-order valence-corrected chi connectivity index (χ1v) is 31.6. The van der Waals surface area contributed by atoms with E-state index < -0.39 is 67.3 Å². The van der Waals surface area contributed by atoms with Crippen LogP contribution < -0.4 is 0 Å². The normalized spacial score (nSPS) is 18.3. The zero-order valence-electron chi connectivity index (χ0n) is 49.2. The van der Waals surface area contributed by atoms with Gasteiger partial charge in [0.1, 0.15) is 18.8 Å². The molecule has 0 aromatic rings. The molecule has 0 saturated carbocycles. The van der Waals surface area contributed by atoms with Gasteiger partial charge >= 0.3 is 23.9 Å². The molecule has 1 saturated heterocycles. The number of carbonyl (C=O) groups excluding carboxylic acids is 3. The summed E-state index contributed by atoms with van der Waals surface area (Å²) in [5.74, 6) is -3.12. The van der Waals surface area contributed by atoms with Crippen LogP contribution in [-0.2, 0) is 42.9 Å². The van der Waals surface area contributed by atoms with Crippen molar-refractivity contribution in [1.29, 1.82) is 0 Å². The highest BCUT2D eigenvalue weighted by molar-refractivity contribution is 5.74. The van der Waals surface area contributed by atoms with Crippen LogP contribution in [-0.4, -0.2) is 89.2 Å². The second-order valence-corrected chi connectivity index (χ2v) is 21.7. The summed E-state index contributed by atoms with van der Waals surface area (Å²) in [6.07, 6.45) is 52.2. The van der Waals surface area contributed by atoms with Gasteiger partial charge in [0.2, 0.25) is 0 Å². The molecule has 1 aliphatic heterocycles. The Labute approximate surface area is 469 Å². The Balaban J connectivity index is 2.65. The molecule has 0 bridgehead atoms. The number of rotatable bonds is 54. The van der Waals surface area contributed by atoms with E-state index >= 15 is 0 Å². The van der Waals surface area contributed by atoms with E-state index in [-0.39, 0.29) is 25.9 Å². The average Bonchev–Trinajstić information content (AvgIpc) is 3.42. The van der Waals surface area contributed by atoms with E-state index in [1.807, 2.05) is 0 Å². The third-order valence-corrected chi connectivity index (χ3v) is 14.4. The first-order valence-electron chi connectivity index (χ1n) is 31.6. The summed E-state index contributed by atoms with van der Waals surface area (Å²) in [5.41, 5.74) is 0. The number of carboxylic acid groups (broad SMARTS) is 1. The molecule has 0 aliphatic carbocycles. The van der Waals surface area contributed by atoms with Gasteiger partial charge in [-0.1, -0.05) is 243 Å². The maximum atomic E-state index is 13.2. The van der Waals surface area contributed by atoms with Crippen LogP contribution in [0.1, 0.15) is 290 Å². The predicted molar refractivity (Wildman–Crippen MR) is 312 cm³/mol. The van der Waals surface area contributed by atoms with E-state index in [9.17, 15) is 34.5 Å². The molecule has 0 amide bonds. The Bertz CT molecular complexity index is 1520. The Hall–Kier alpha value is -3.32. The summed E-state index contributed by atoms with van der Waals surface area (Å²) >= 11 is 0. The van der Waals surface area contributed by atoms with Crippen LogP contribution in [0.5, 0.6) is 0 Å². The molecule has 0 aromatic heterocycles. The number of ether oxygens (including phenoxy) is 5. The lowest BCUT2D eigenvalue weighted by Crippen LogP contribution is -2.61. The molecular weight excluding hydrogens is 973 g/mol. The summed E-state index contributed by atoms with van der Waals surface area (Å²) in [5, 5.41) is 31.5. The molecule has 6 atom stereocenters. The number of aliphatic hydroxyl groups excluding tert-OH is 2. The monoisotopic (exact) mass is 1090 g/mol. The smallest absolute Gasteiger partial charge is 0.335 e. The van der Waals surface area contributed by atoms with Crippen LogP contribution in [0.3, 0.4) is 0 Å². The Morgan fingerprint density at radius 1 is 0.442 bits per heavy atom. The fourth-order valence-corrected chi connectivity index (χ4v) is 9.56. The van der Waals surface area contributed by atoms with Gasteiger partial charge in [0.05, 0.1) is 6.61 Å². The Morgan fingerprint density at radius 3 is 1.26 bits per heavy atom. The number of esters is 3. The third kappa shape index (κ3) is 43.2. The third-order valence-electron chi connectivity index (χ3n) is 14.4. The van der Waals surface area contributed by atoms with E-state index in [4.69, 9.17) is 23.7 Å². The quantitative estimate of drug-likeness (QED) is 0.0228. The summed E-state index contributed by atoms with van der Waals surface area (Å²) in [6.45, 7) is 5.90. The van der Waals surface area contributed by atoms with Crippen LogP contribution in [0.2, 0.25) is 0 Å². The molecule has 12 heteroatoms. The molecule has 1 heterocycles. The number of carbonyl (C=O) groups is 4. The fourth-order valence-electron chi connectivity index (χ4n) is 9.56. The highest BCUT2D eigenvalue weighted by atomic mass is 16.7. The van der Waals surface area contributed by atoms with Crippen molar-refractivity contribution in [3.8, 4) is 0 Å². The number of hydrogen-bond acceptors (Lipinski definition) is 11. The van der Waals surface area contributed by atoms with Crippen LogP contribution >= 0.6 is 0 Å². The van der Waals surface area contributed by atoms with E-state index in [0.29, 0.717) is 19.3 Å². The van der Waals surface area contributed by atoms with Gasteiger partial charge in [-0.2, -0.15) is 0 Å². The van der Waals surface area contributed by atoms with Crippen molar-refractivity contribution in [2.75, 3.05) is 13.2 Å². The number of unbranched alkanes of at least 4 members (excludes halogenated alkanes) is 32. The van der Waals surface area contributed by atoms with Crippen LogP contribution in [0.25, 0.3) is 0 Å². The Kier molecular flexibility index (Phi) is 49.7. The van der Waals surface area contributed by atoms with Crippen LogP contribution in [0.15, 0.2) is 48.6 Å². The summed E-state index contributed by atoms with van der Waals surface area (Å²) in [6, 6.07) is 0. The highest BCUT2D eigenvalue weighted by Crippen LogP contribution is 2.27. The summed E-state index contributed by atoms with van der Waals surface area (Å²) < 4.78 is 28.5. The molecule has 12 nitrogen and oxygen atoms in total. The van der Waals surface area contributed by atoms with Crippen LogP contribution in [0.4, 0.5) is 0 Å². The lowest BCUT2D eigenvalue weighted by Gasteiger charge is -2.40. The molecule has 0 radical (unpaired) electrons. The number of allylic oxidation sites excluding steroid dienone is 8. The Morgan fingerprint density at radius 2 is 0.818 bits per heavy atom. The molecule has 3 N–H and O–H groups in total. The topological polar surface area (TPSA) is 175 Å². The SMILES string of the molecule is CC/C=C\C/C=C\C/C=C\CCCCCCCC(=O)OC1C(OCC(COC(=O)CCCCCCCCCCC/C=C\CCCCCCCC)OC(=O)CCCCCCCCCCCCCCC)OC(C(=O)O)C(O)C1O. The zero-order valence-corrected chi connectivity index (χ0v) is 49.2. The lowest BCUT2D eigenvalue weighted by atomic mass is 9.98. The highest BCUT2D eigenvalue weighted by Gasteiger charge is 2.50. The minimum Gasteiger partial charge on any atom is -0.479 e. The largest absolute Gasteiger partial charge is 0.479 e. The maximum absolute atomic E-state index is 13.2. The minimum absolute atomic E-state index is 0.0428. The average molecular weight is 1090 g/mol. The van der Waals surface area contributed by atoms with Gasteiger partial charge in [0.25, 0.3) is 0 Å². The maximum Gasteiger partial charge on any atom is 0.335 e. The van der Waals surface area contributed by atoms with Crippen molar-refractivity contribution in [1.82, 2.24) is 0 Å². The molecule has 0 spiro atoms. The fraction of sp³-hybridized carbons (Fsp3) is 0.815. The van der Waals surface area contributed by atoms with Gasteiger partial charge in [-0.15, -0.1) is 0 Å². The molecule has 1 rings (SSSR count). The zero-order chi connectivity index (χ0) is 56.1. The van der Waals surface area contributed by atoms with E-state index in [1.54, 1.807) is 0 Å². The van der Waals surface area contributed by atoms with Gasteiger partial charge < -0.3 is 39.0 Å². The molecule has 77 heavy (non-hydrogen) atoms. The number of carboxylic acids is 1. The second-order valence-electron chi connectivity index (χ2n) is 21.7. The van der Waals surface area contributed by atoms with Gasteiger partial charge in [0.15, 0.2) is 24.6 Å². The molecule has 1 aliphatic rings. The van der Waals surface area contributed by atoms with Gasteiger partial charge in [-0.25, -0.2) is 4.79 Å². The van der Waals surface area contributed by atoms with E-state index in [2.05, 4.69) is 69.4 Å². The predicted octanol–water partition coefficient (Wildman–Crippen LogP) is 16.6. The van der Waals surface area contributed by atoms with E-state index in [1.165, 1.54) is 141 Å². The van der Waals surface area contributed by atoms with Crippen molar-refractivity contribution in [3.05, 3.63) is 48.6 Å². The lowest BCUT2D eigenvalue weighted by molar-refractivity contribution is -0.301. The van der Waals surface area contributed by atoms with Crippen molar-refractivity contribution in [3.63, 3.8) is 0 Å². The molecule has 446 valence electrons.